The molecule has 4 nitrogen and oxygen atoms in total. The second-order valence-corrected chi connectivity index (χ2v) is 4.58. The van der Waals surface area contributed by atoms with Crippen LogP contribution in [-0.2, 0) is 6.18 Å². The van der Waals surface area contributed by atoms with Gasteiger partial charge >= 0.3 is 6.18 Å². The summed E-state index contributed by atoms with van der Waals surface area (Å²) in [6, 6.07) is 6.40. The molecule has 0 heterocycles. The zero-order valence-electron chi connectivity index (χ0n) is 9.59. The van der Waals surface area contributed by atoms with Gasteiger partial charge in [0.1, 0.15) is 23.8 Å². The highest BCUT2D eigenvalue weighted by molar-refractivity contribution is 14.1. The standard InChI is InChI=1S/C12H4F3IN4/c13-12(14,15)9-1-8(5-19)11(10(16)2-9)20-6-7(3-17)4-18/h1-2,6,20H. The van der Waals surface area contributed by atoms with E-state index >= 15 is 0 Å². The van der Waals surface area contributed by atoms with Crippen molar-refractivity contribution in [2.75, 3.05) is 5.32 Å². The van der Waals surface area contributed by atoms with Gasteiger partial charge in [0.05, 0.1) is 16.8 Å². The van der Waals surface area contributed by atoms with Gasteiger partial charge < -0.3 is 5.32 Å². The van der Waals surface area contributed by atoms with Crippen LogP contribution in [0.2, 0.25) is 0 Å². The van der Waals surface area contributed by atoms with Crippen LogP contribution in [-0.4, -0.2) is 0 Å². The average Bonchev–Trinajstić information content (AvgIpc) is 2.39. The van der Waals surface area contributed by atoms with Gasteiger partial charge in [-0.2, -0.15) is 29.0 Å². The smallest absolute Gasteiger partial charge is 0.358 e. The Balaban J connectivity index is 3.31. The van der Waals surface area contributed by atoms with Crippen LogP contribution >= 0.6 is 22.6 Å². The van der Waals surface area contributed by atoms with Crippen molar-refractivity contribution < 1.29 is 13.2 Å². The first kappa shape index (κ1) is 15.8. The van der Waals surface area contributed by atoms with Gasteiger partial charge in [-0.05, 0) is 34.7 Å². The van der Waals surface area contributed by atoms with E-state index in [4.69, 9.17) is 15.8 Å². The molecule has 1 aromatic rings. The Labute approximate surface area is 125 Å². The number of allylic oxidation sites excluding steroid dienone is 1. The lowest BCUT2D eigenvalue weighted by Crippen LogP contribution is -2.07. The van der Waals surface area contributed by atoms with E-state index in [2.05, 4.69) is 5.32 Å². The van der Waals surface area contributed by atoms with E-state index < -0.39 is 11.7 Å². The van der Waals surface area contributed by atoms with E-state index in [0.29, 0.717) is 6.07 Å². The summed E-state index contributed by atoms with van der Waals surface area (Å²) in [5.74, 6) is 0. The predicted molar refractivity (Wildman–Crippen MR) is 71.8 cm³/mol. The first-order valence-corrected chi connectivity index (χ1v) is 5.99. The number of halogens is 4. The Morgan fingerprint density at radius 1 is 1.20 bits per heavy atom. The fourth-order valence-corrected chi connectivity index (χ4v) is 2.02. The van der Waals surface area contributed by atoms with E-state index in [1.807, 2.05) is 0 Å². The minimum atomic E-state index is -4.55. The summed E-state index contributed by atoms with van der Waals surface area (Å²) in [4.78, 5) is 0. The third-order valence-corrected chi connectivity index (χ3v) is 2.99. The van der Waals surface area contributed by atoms with Crippen molar-refractivity contribution in [3.8, 4) is 18.2 Å². The molecule has 0 fully saturated rings. The number of anilines is 1. The summed E-state index contributed by atoms with van der Waals surface area (Å²) in [5, 5.41) is 28.5. The number of nitrogens with one attached hydrogen (secondary N) is 1. The molecule has 0 saturated heterocycles. The summed E-state index contributed by atoms with van der Waals surface area (Å²) in [6.45, 7) is 0. The van der Waals surface area contributed by atoms with Gasteiger partial charge in [-0.1, -0.05) is 0 Å². The highest BCUT2D eigenvalue weighted by Crippen LogP contribution is 2.34. The maximum atomic E-state index is 12.6. The molecule has 0 aromatic heterocycles. The molecule has 1 aromatic carbocycles. The first-order chi connectivity index (χ1) is 9.33. The van der Waals surface area contributed by atoms with Crippen molar-refractivity contribution in [2.24, 2.45) is 0 Å². The number of benzene rings is 1. The van der Waals surface area contributed by atoms with Crippen molar-refractivity contribution in [1.29, 1.82) is 15.8 Å². The first-order valence-electron chi connectivity index (χ1n) is 4.91. The van der Waals surface area contributed by atoms with Crippen LogP contribution in [0.15, 0.2) is 23.9 Å². The monoisotopic (exact) mass is 388 g/mol. The lowest BCUT2D eigenvalue weighted by atomic mass is 10.1. The van der Waals surface area contributed by atoms with E-state index in [0.717, 1.165) is 12.3 Å². The van der Waals surface area contributed by atoms with E-state index in [1.165, 1.54) is 0 Å². The van der Waals surface area contributed by atoms with Crippen molar-refractivity contribution >= 4 is 28.3 Å². The van der Waals surface area contributed by atoms with Crippen LogP contribution in [0.4, 0.5) is 18.9 Å². The number of rotatable bonds is 2. The maximum Gasteiger partial charge on any atom is 0.416 e. The van der Waals surface area contributed by atoms with Crippen LogP contribution in [0.1, 0.15) is 11.1 Å². The fourth-order valence-electron chi connectivity index (χ4n) is 1.24. The number of nitriles is 3. The third kappa shape index (κ3) is 3.62. The van der Waals surface area contributed by atoms with Gasteiger partial charge in [0.25, 0.3) is 0 Å². The van der Waals surface area contributed by atoms with Crippen molar-refractivity contribution in [1.82, 2.24) is 0 Å². The second-order valence-electron chi connectivity index (χ2n) is 3.42. The second kappa shape index (κ2) is 6.27. The molecule has 0 unspecified atom stereocenters. The maximum absolute atomic E-state index is 12.6. The Kier molecular flexibility index (Phi) is 4.95. The molecule has 0 radical (unpaired) electrons. The van der Waals surface area contributed by atoms with Crippen molar-refractivity contribution in [3.63, 3.8) is 0 Å². The molecule has 0 saturated carbocycles. The summed E-state index contributed by atoms with van der Waals surface area (Å²) in [5.41, 5.74) is -1.31. The lowest BCUT2D eigenvalue weighted by Gasteiger charge is -2.12. The third-order valence-electron chi connectivity index (χ3n) is 2.14. The molecule has 20 heavy (non-hydrogen) atoms. The molecular weight excluding hydrogens is 384 g/mol. The molecule has 0 aliphatic carbocycles. The number of alkyl halides is 3. The van der Waals surface area contributed by atoms with Crippen LogP contribution in [0.5, 0.6) is 0 Å². The Morgan fingerprint density at radius 3 is 2.25 bits per heavy atom. The van der Waals surface area contributed by atoms with Gasteiger partial charge in [-0.3, -0.25) is 0 Å². The summed E-state index contributed by atoms with van der Waals surface area (Å²) < 4.78 is 38.0. The zero-order valence-corrected chi connectivity index (χ0v) is 11.7. The number of hydrogen-bond donors (Lipinski definition) is 1. The minimum absolute atomic E-state index is 0.115. The Hall–Kier alpha value is -2.25. The van der Waals surface area contributed by atoms with Gasteiger partial charge in [0, 0.05) is 9.77 Å². The molecule has 0 spiro atoms. The topological polar surface area (TPSA) is 83.4 Å². The summed E-state index contributed by atoms with van der Waals surface area (Å²) in [6.07, 6.45) is -3.52. The van der Waals surface area contributed by atoms with E-state index in [-0.39, 0.29) is 20.4 Å². The molecule has 100 valence electrons. The van der Waals surface area contributed by atoms with Crippen LogP contribution in [0.25, 0.3) is 0 Å². The SMILES string of the molecule is N#CC(C#N)=CNc1c(I)cc(C(F)(F)F)cc1C#N. The van der Waals surface area contributed by atoms with Crippen LogP contribution < -0.4 is 5.32 Å². The highest BCUT2D eigenvalue weighted by Gasteiger charge is 2.32. The zero-order chi connectivity index (χ0) is 15.3. The Bertz CT molecular complexity index is 671. The van der Waals surface area contributed by atoms with Gasteiger partial charge in [0.15, 0.2) is 0 Å². The normalized spacial score (nSPS) is 9.85. The van der Waals surface area contributed by atoms with Crippen LogP contribution in [0, 0.1) is 37.6 Å². The number of nitrogens with zero attached hydrogens (tertiary/aromatic N) is 3. The van der Waals surface area contributed by atoms with E-state index in [1.54, 1.807) is 40.8 Å². The summed E-state index contributed by atoms with van der Waals surface area (Å²) in [7, 11) is 0. The quantitative estimate of drug-likeness (QED) is 0.621. The largest absolute Gasteiger partial charge is 0.416 e. The van der Waals surface area contributed by atoms with Crippen molar-refractivity contribution in [2.45, 2.75) is 6.18 Å². The highest BCUT2D eigenvalue weighted by atomic mass is 127. The molecule has 8 heteroatoms. The van der Waals surface area contributed by atoms with Gasteiger partial charge in [-0.25, -0.2) is 0 Å². The molecule has 1 N–H and O–H groups in total. The Morgan fingerprint density at radius 2 is 1.80 bits per heavy atom. The molecular formula is C12H4F3IN4. The number of hydrogen-bond acceptors (Lipinski definition) is 4. The summed E-state index contributed by atoms with van der Waals surface area (Å²) >= 11 is 1.64. The van der Waals surface area contributed by atoms with Gasteiger partial charge in [-0.15, -0.1) is 0 Å². The molecule has 1 rings (SSSR count). The molecule has 0 atom stereocenters. The molecule has 0 amide bonds. The van der Waals surface area contributed by atoms with E-state index in [9.17, 15) is 13.2 Å². The predicted octanol–water partition coefficient (Wildman–Crippen LogP) is 3.52. The molecule has 0 bridgehead atoms. The van der Waals surface area contributed by atoms with Crippen LogP contribution in [0.3, 0.4) is 0 Å². The molecule has 0 aliphatic heterocycles. The minimum Gasteiger partial charge on any atom is -0.358 e. The van der Waals surface area contributed by atoms with Crippen molar-refractivity contribution in [3.05, 3.63) is 38.6 Å². The fraction of sp³-hybridized carbons (Fsp3) is 0.0833. The lowest BCUT2D eigenvalue weighted by molar-refractivity contribution is -0.137. The van der Waals surface area contributed by atoms with Gasteiger partial charge in [0.2, 0.25) is 0 Å². The molecule has 0 aliphatic rings. The average molecular weight is 388 g/mol.